The molecule has 0 spiro atoms. The van der Waals surface area contributed by atoms with Gasteiger partial charge < -0.3 is 10.1 Å². The number of nitrogens with one attached hydrogen (secondary N) is 1. The van der Waals surface area contributed by atoms with Crippen molar-refractivity contribution < 1.29 is 13.9 Å². The van der Waals surface area contributed by atoms with Crippen molar-refractivity contribution in [2.75, 3.05) is 0 Å². The summed E-state index contributed by atoms with van der Waals surface area (Å²) in [6.07, 6.45) is 0.685. The van der Waals surface area contributed by atoms with Gasteiger partial charge in [-0.2, -0.15) is 5.10 Å². The highest BCUT2D eigenvalue weighted by Gasteiger charge is 2.20. The van der Waals surface area contributed by atoms with E-state index in [1.807, 2.05) is 67.6 Å². The van der Waals surface area contributed by atoms with Gasteiger partial charge in [0.25, 0.3) is 0 Å². The molecule has 0 saturated heterocycles. The van der Waals surface area contributed by atoms with Crippen LogP contribution in [0.4, 0.5) is 4.39 Å². The van der Waals surface area contributed by atoms with E-state index in [0.717, 1.165) is 22.5 Å². The van der Waals surface area contributed by atoms with E-state index in [1.54, 1.807) is 22.9 Å². The molecular formula is C26H24FN3O2. The lowest BCUT2D eigenvalue weighted by Crippen LogP contribution is -2.23. The predicted molar refractivity (Wildman–Crippen MR) is 121 cm³/mol. The molecule has 0 radical (unpaired) electrons. The third kappa shape index (κ3) is 5.03. The molecule has 0 aliphatic carbocycles. The number of ether oxygens (including phenoxy) is 1. The van der Waals surface area contributed by atoms with Gasteiger partial charge in [0.2, 0.25) is 11.8 Å². The molecule has 1 amide bonds. The SMILES string of the molecule is Cc1nn(-c2ccccc2)c(Oc2ccccc2F)c1CCC(=O)NCc1ccccc1. The number of nitrogens with zero attached hydrogens (tertiary/aromatic N) is 2. The largest absolute Gasteiger partial charge is 0.436 e. The van der Waals surface area contributed by atoms with Crippen LogP contribution in [0.5, 0.6) is 11.6 Å². The average molecular weight is 429 g/mol. The van der Waals surface area contributed by atoms with Crippen LogP contribution in [-0.4, -0.2) is 15.7 Å². The minimum absolute atomic E-state index is 0.0717. The highest BCUT2D eigenvalue weighted by Crippen LogP contribution is 2.32. The maximum Gasteiger partial charge on any atom is 0.226 e. The number of benzene rings is 3. The molecule has 162 valence electrons. The monoisotopic (exact) mass is 429 g/mol. The van der Waals surface area contributed by atoms with Crippen LogP contribution in [0.15, 0.2) is 84.9 Å². The van der Waals surface area contributed by atoms with Gasteiger partial charge in [-0.1, -0.05) is 60.7 Å². The molecule has 4 rings (SSSR count). The molecule has 6 heteroatoms. The Morgan fingerprint density at radius 2 is 1.62 bits per heavy atom. The van der Waals surface area contributed by atoms with Crippen LogP contribution in [-0.2, 0) is 17.8 Å². The van der Waals surface area contributed by atoms with E-state index in [-0.39, 0.29) is 18.1 Å². The lowest BCUT2D eigenvalue weighted by atomic mass is 10.1. The second kappa shape index (κ2) is 9.92. The molecule has 1 aromatic heterocycles. The first-order valence-electron chi connectivity index (χ1n) is 10.5. The summed E-state index contributed by atoms with van der Waals surface area (Å²) in [7, 11) is 0. The third-order valence-corrected chi connectivity index (χ3v) is 5.12. The molecule has 4 aromatic rings. The van der Waals surface area contributed by atoms with Gasteiger partial charge in [0, 0.05) is 18.5 Å². The second-order valence-electron chi connectivity index (χ2n) is 7.41. The van der Waals surface area contributed by atoms with Crippen molar-refractivity contribution in [1.29, 1.82) is 0 Å². The molecule has 0 fully saturated rings. The predicted octanol–water partition coefficient (Wildman–Crippen LogP) is 5.36. The minimum atomic E-state index is -0.461. The Morgan fingerprint density at radius 3 is 2.34 bits per heavy atom. The van der Waals surface area contributed by atoms with Gasteiger partial charge in [-0.3, -0.25) is 4.79 Å². The zero-order valence-corrected chi connectivity index (χ0v) is 17.8. The third-order valence-electron chi connectivity index (χ3n) is 5.12. The van der Waals surface area contributed by atoms with Gasteiger partial charge in [-0.25, -0.2) is 9.07 Å². The number of hydrogen-bond donors (Lipinski definition) is 1. The van der Waals surface area contributed by atoms with Crippen molar-refractivity contribution >= 4 is 5.91 Å². The Labute approximate surface area is 186 Å². The first-order valence-corrected chi connectivity index (χ1v) is 10.5. The molecule has 1 N–H and O–H groups in total. The summed E-state index contributed by atoms with van der Waals surface area (Å²) in [5.41, 5.74) is 3.34. The maximum absolute atomic E-state index is 14.3. The van der Waals surface area contributed by atoms with E-state index in [2.05, 4.69) is 10.4 Å². The summed E-state index contributed by atoms with van der Waals surface area (Å²) in [5.74, 6) is -0.0101. The van der Waals surface area contributed by atoms with Gasteiger partial charge in [0.15, 0.2) is 11.6 Å². The van der Waals surface area contributed by atoms with Gasteiger partial charge in [0.05, 0.1) is 11.4 Å². The summed E-state index contributed by atoms with van der Waals surface area (Å²) >= 11 is 0. The molecule has 0 saturated carbocycles. The van der Waals surface area contributed by atoms with Crippen LogP contribution in [0.1, 0.15) is 23.2 Å². The molecule has 1 heterocycles. The van der Waals surface area contributed by atoms with Gasteiger partial charge in [0.1, 0.15) is 0 Å². The second-order valence-corrected chi connectivity index (χ2v) is 7.41. The number of para-hydroxylation sites is 2. The Morgan fingerprint density at radius 1 is 0.969 bits per heavy atom. The Kier molecular flexibility index (Phi) is 6.60. The highest BCUT2D eigenvalue weighted by molar-refractivity contribution is 5.76. The number of carbonyl (C=O) groups excluding carboxylic acids is 1. The van der Waals surface area contributed by atoms with E-state index < -0.39 is 5.82 Å². The van der Waals surface area contributed by atoms with Crippen molar-refractivity contribution in [3.63, 3.8) is 0 Å². The van der Waals surface area contributed by atoms with E-state index >= 15 is 0 Å². The maximum atomic E-state index is 14.3. The van der Waals surface area contributed by atoms with Crippen molar-refractivity contribution in [1.82, 2.24) is 15.1 Å². The molecule has 0 bridgehead atoms. The van der Waals surface area contributed by atoms with E-state index in [0.29, 0.717) is 18.8 Å². The Hall–Kier alpha value is -3.93. The number of rotatable bonds is 8. The topological polar surface area (TPSA) is 56.2 Å². The highest BCUT2D eigenvalue weighted by atomic mass is 19.1. The average Bonchev–Trinajstić information content (AvgIpc) is 3.14. The molecule has 5 nitrogen and oxygen atoms in total. The van der Waals surface area contributed by atoms with Crippen molar-refractivity contribution in [3.8, 4) is 17.3 Å². The standard InChI is InChI=1S/C26H24FN3O2/c1-19-22(16-17-25(31)28-18-20-10-4-2-5-11-20)26(32-24-15-9-8-14-23(24)27)30(29-19)21-12-6-3-7-13-21/h2-15H,16-18H2,1H3,(H,28,31). The minimum Gasteiger partial charge on any atom is -0.436 e. The van der Waals surface area contributed by atoms with Gasteiger partial charge in [-0.05, 0) is 43.2 Å². The molecule has 0 aliphatic rings. The smallest absolute Gasteiger partial charge is 0.226 e. The van der Waals surface area contributed by atoms with Crippen LogP contribution >= 0.6 is 0 Å². The zero-order chi connectivity index (χ0) is 22.3. The molecule has 0 atom stereocenters. The van der Waals surface area contributed by atoms with Gasteiger partial charge >= 0.3 is 0 Å². The quantitative estimate of drug-likeness (QED) is 0.410. The molecule has 0 aliphatic heterocycles. The lowest BCUT2D eigenvalue weighted by Gasteiger charge is -2.12. The fraction of sp³-hybridized carbons (Fsp3) is 0.154. The van der Waals surface area contributed by atoms with Crippen molar-refractivity contribution in [3.05, 3.63) is 108 Å². The van der Waals surface area contributed by atoms with E-state index in [1.165, 1.54) is 6.07 Å². The number of hydrogen-bond acceptors (Lipinski definition) is 3. The molecule has 32 heavy (non-hydrogen) atoms. The Balaban J connectivity index is 1.56. The van der Waals surface area contributed by atoms with Crippen molar-refractivity contribution in [2.24, 2.45) is 0 Å². The zero-order valence-electron chi connectivity index (χ0n) is 17.8. The summed E-state index contributed by atoms with van der Waals surface area (Å²) < 4.78 is 22.0. The number of carbonyl (C=O) groups is 1. The van der Waals surface area contributed by atoms with Crippen molar-refractivity contribution in [2.45, 2.75) is 26.3 Å². The first-order chi connectivity index (χ1) is 15.6. The lowest BCUT2D eigenvalue weighted by molar-refractivity contribution is -0.121. The van der Waals surface area contributed by atoms with Crippen LogP contribution in [0.25, 0.3) is 5.69 Å². The van der Waals surface area contributed by atoms with Crippen LogP contribution < -0.4 is 10.1 Å². The van der Waals surface area contributed by atoms with E-state index in [9.17, 15) is 9.18 Å². The molecule has 3 aromatic carbocycles. The normalized spacial score (nSPS) is 10.7. The van der Waals surface area contributed by atoms with Gasteiger partial charge in [-0.15, -0.1) is 0 Å². The van der Waals surface area contributed by atoms with Crippen LogP contribution in [0.2, 0.25) is 0 Å². The summed E-state index contributed by atoms with van der Waals surface area (Å²) in [6.45, 7) is 2.34. The number of aryl methyl sites for hydroxylation is 1. The number of amides is 1. The molecule has 0 unspecified atom stereocenters. The first kappa shape index (κ1) is 21.3. The fourth-order valence-corrected chi connectivity index (χ4v) is 3.43. The number of aromatic nitrogens is 2. The fourth-order valence-electron chi connectivity index (χ4n) is 3.43. The van der Waals surface area contributed by atoms with Crippen LogP contribution in [0, 0.1) is 12.7 Å². The number of halogens is 1. The van der Waals surface area contributed by atoms with E-state index in [4.69, 9.17) is 4.74 Å². The summed E-state index contributed by atoms with van der Waals surface area (Å²) in [6, 6.07) is 25.5. The molecular weight excluding hydrogens is 405 g/mol. The summed E-state index contributed by atoms with van der Waals surface area (Å²) in [5, 5.41) is 7.55. The summed E-state index contributed by atoms with van der Waals surface area (Å²) in [4.78, 5) is 12.5. The van der Waals surface area contributed by atoms with Crippen LogP contribution in [0.3, 0.4) is 0 Å². The Bertz CT molecular complexity index is 1190.